The Bertz CT molecular complexity index is 1100. The van der Waals surface area contributed by atoms with Gasteiger partial charge in [-0.15, -0.1) is 0 Å². The molecule has 1 heterocycles. The maximum atomic E-state index is 11.5. The molecular weight excluding hydrogens is 440 g/mol. The van der Waals surface area contributed by atoms with Crippen LogP contribution in [0.4, 0.5) is 5.69 Å². The molecule has 6 heteroatoms. The van der Waals surface area contributed by atoms with Crippen LogP contribution in [0.5, 0.6) is 0 Å². The molecule has 0 radical (unpaired) electrons. The highest BCUT2D eigenvalue weighted by molar-refractivity contribution is 5.88. The predicted octanol–water partition coefficient (Wildman–Crippen LogP) is 5.38. The van der Waals surface area contributed by atoms with Crippen LogP contribution in [-0.2, 0) is 20.9 Å². The molecule has 1 aliphatic heterocycles. The number of nitrogens with one attached hydrogen (secondary N) is 1. The highest BCUT2D eigenvalue weighted by Crippen LogP contribution is 2.39. The summed E-state index contributed by atoms with van der Waals surface area (Å²) in [6.07, 6.45) is -0.0646. The molecule has 1 fully saturated rings. The zero-order valence-corrected chi connectivity index (χ0v) is 20.6. The van der Waals surface area contributed by atoms with E-state index in [-0.39, 0.29) is 30.8 Å². The number of aliphatic hydroxyl groups excluding tert-OH is 1. The predicted molar refractivity (Wildman–Crippen MR) is 137 cm³/mol. The average Bonchev–Trinajstić information content (AvgIpc) is 2.88. The van der Waals surface area contributed by atoms with Crippen molar-refractivity contribution in [3.05, 3.63) is 101 Å². The minimum absolute atomic E-state index is 0.0122. The van der Waals surface area contributed by atoms with Crippen molar-refractivity contribution < 1.29 is 19.4 Å². The second-order valence-corrected chi connectivity index (χ2v) is 9.18. The Labute approximate surface area is 207 Å². The third kappa shape index (κ3) is 6.55. The number of ether oxygens (including phenoxy) is 2. The molecule has 1 aliphatic rings. The molecule has 4 atom stereocenters. The zero-order chi connectivity index (χ0) is 24.8. The Morgan fingerprint density at radius 2 is 1.77 bits per heavy atom. The van der Waals surface area contributed by atoms with Gasteiger partial charge in [-0.3, -0.25) is 9.69 Å². The van der Waals surface area contributed by atoms with Crippen LogP contribution in [0, 0.1) is 0 Å². The summed E-state index contributed by atoms with van der Waals surface area (Å²) in [4.78, 5) is 13.9. The largest absolute Gasteiger partial charge is 0.392 e. The van der Waals surface area contributed by atoms with Gasteiger partial charge in [-0.05, 0) is 42.8 Å². The van der Waals surface area contributed by atoms with Gasteiger partial charge in [-0.25, -0.2) is 0 Å². The third-order valence-corrected chi connectivity index (χ3v) is 6.53. The van der Waals surface area contributed by atoms with Crippen LogP contribution >= 0.6 is 0 Å². The molecule has 0 spiro atoms. The molecule has 35 heavy (non-hydrogen) atoms. The molecule has 6 nitrogen and oxygen atoms in total. The Balaban J connectivity index is 1.56. The highest BCUT2D eigenvalue weighted by atomic mass is 16.7. The molecule has 0 unspecified atom stereocenters. The van der Waals surface area contributed by atoms with E-state index in [9.17, 15) is 9.90 Å². The number of carbonyl (C=O) groups is 1. The van der Waals surface area contributed by atoms with E-state index in [0.717, 1.165) is 23.2 Å². The van der Waals surface area contributed by atoms with E-state index in [1.165, 1.54) is 12.5 Å². The van der Waals surface area contributed by atoms with Gasteiger partial charge < -0.3 is 19.9 Å². The number of aliphatic hydroxyl groups is 1. The summed E-state index contributed by atoms with van der Waals surface area (Å²) in [5.41, 5.74) is 4.75. The lowest BCUT2D eigenvalue weighted by Crippen LogP contribution is -2.38. The quantitative estimate of drug-likeness (QED) is 0.459. The average molecular weight is 475 g/mol. The fraction of sp³-hybridized carbons (Fsp3) is 0.345. The molecule has 3 aromatic carbocycles. The number of carbonyl (C=O) groups excluding carboxylic acids is 1. The van der Waals surface area contributed by atoms with Gasteiger partial charge in [0.2, 0.25) is 5.91 Å². The summed E-state index contributed by atoms with van der Waals surface area (Å²) in [5, 5.41) is 12.3. The third-order valence-electron chi connectivity index (χ3n) is 6.53. The van der Waals surface area contributed by atoms with Crippen LogP contribution in [0.25, 0.3) is 0 Å². The van der Waals surface area contributed by atoms with Crippen molar-refractivity contribution in [2.45, 2.75) is 51.4 Å². The van der Waals surface area contributed by atoms with Crippen molar-refractivity contribution in [1.82, 2.24) is 4.90 Å². The van der Waals surface area contributed by atoms with Gasteiger partial charge in [0.1, 0.15) is 0 Å². The van der Waals surface area contributed by atoms with E-state index >= 15 is 0 Å². The summed E-state index contributed by atoms with van der Waals surface area (Å²) in [6, 6.07) is 26.2. The number of hydrogen-bond acceptors (Lipinski definition) is 5. The van der Waals surface area contributed by atoms with E-state index in [1.54, 1.807) is 0 Å². The Kier molecular flexibility index (Phi) is 8.31. The van der Waals surface area contributed by atoms with Crippen LogP contribution in [-0.4, -0.2) is 35.6 Å². The van der Waals surface area contributed by atoms with Crippen LogP contribution in [0.15, 0.2) is 78.9 Å². The number of benzene rings is 3. The summed E-state index contributed by atoms with van der Waals surface area (Å²) < 4.78 is 12.9. The summed E-state index contributed by atoms with van der Waals surface area (Å²) in [6.45, 7) is 4.45. The fourth-order valence-corrected chi connectivity index (χ4v) is 4.46. The molecular formula is C29H34N2O4. The maximum Gasteiger partial charge on any atom is 0.221 e. The number of nitrogens with zero attached hydrogens (tertiary/aromatic N) is 1. The maximum absolute atomic E-state index is 11.5. The van der Waals surface area contributed by atoms with Gasteiger partial charge in [0.15, 0.2) is 6.29 Å². The van der Waals surface area contributed by atoms with Crippen LogP contribution < -0.4 is 5.32 Å². The van der Waals surface area contributed by atoms with Crippen molar-refractivity contribution in [3.8, 4) is 0 Å². The van der Waals surface area contributed by atoms with E-state index in [1.807, 2.05) is 54.6 Å². The van der Waals surface area contributed by atoms with Gasteiger partial charge in [-0.2, -0.15) is 0 Å². The monoisotopic (exact) mass is 474 g/mol. The fourth-order valence-electron chi connectivity index (χ4n) is 4.46. The van der Waals surface area contributed by atoms with Gasteiger partial charge in [0.05, 0.1) is 18.8 Å². The highest BCUT2D eigenvalue weighted by Gasteiger charge is 2.33. The standard InChI is InChI=1S/C29H34N2O4/c1-20(23-8-5-4-6-9-23)31(3)18-27-17-28(24-14-12-22(19-32)13-15-24)35-29(34-27)25-10-7-11-26(16-25)30-21(2)33/h4-16,20,27-29,32H,17-19H2,1-3H3,(H,30,33)/t20-,27-,28+,29+/m0/s1. The van der Waals surface area contributed by atoms with E-state index in [2.05, 4.69) is 48.5 Å². The normalized spacial score (nSPS) is 21.0. The Morgan fingerprint density at radius 3 is 2.46 bits per heavy atom. The number of likely N-dealkylation sites (N-methyl/N-ethyl adjacent to an activating group) is 1. The van der Waals surface area contributed by atoms with Crippen molar-refractivity contribution >= 4 is 11.6 Å². The summed E-state index contributed by atoms with van der Waals surface area (Å²) in [7, 11) is 2.12. The second-order valence-electron chi connectivity index (χ2n) is 9.18. The molecule has 3 aromatic rings. The summed E-state index contributed by atoms with van der Waals surface area (Å²) in [5.74, 6) is -0.121. The SMILES string of the molecule is CC(=O)Nc1cccc([C@@H]2O[C@H](CN(C)[C@@H](C)c3ccccc3)C[C@H](c3ccc(CO)cc3)O2)c1. The van der Waals surface area contributed by atoms with Crippen molar-refractivity contribution in [3.63, 3.8) is 0 Å². The molecule has 2 N–H and O–H groups in total. The first-order chi connectivity index (χ1) is 16.9. The van der Waals surface area contributed by atoms with Gasteiger partial charge >= 0.3 is 0 Å². The summed E-state index contributed by atoms with van der Waals surface area (Å²) >= 11 is 0. The molecule has 0 bridgehead atoms. The number of hydrogen-bond donors (Lipinski definition) is 2. The lowest BCUT2D eigenvalue weighted by molar-refractivity contribution is -0.253. The molecule has 0 aromatic heterocycles. The van der Waals surface area contributed by atoms with Gasteiger partial charge in [0, 0.05) is 37.2 Å². The minimum atomic E-state index is -0.564. The first-order valence-corrected chi connectivity index (χ1v) is 12.1. The van der Waals surface area contributed by atoms with Crippen LogP contribution in [0.3, 0.4) is 0 Å². The van der Waals surface area contributed by atoms with Gasteiger partial charge in [0.25, 0.3) is 0 Å². The minimum Gasteiger partial charge on any atom is -0.392 e. The lowest BCUT2D eigenvalue weighted by atomic mass is 9.99. The Hall–Kier alpha value is -3.03. The van der Waals surface area contributed by atoms with Crippen molar-refractivity contribution in [2.24, 2.45) is 0 Å². The topological polar surface area (TPSA) is 71.0 Å². The number of rotatable bonds is 8. The number of anilines is 1. The molecule has 0 aliphatic carbocycles. The molecule has 0 saturated carbocycles. The van der Waals surface area contributed by atoms with E-state index < -0.39 is 6.29 Å². The Morgan fingerprint density at radius 1 is 1.03 bits per heavy atom. The number of amides is 1. The van der Waals surface area contributed by atoms with E-state index in [4.69, 9.17) is 9.47 Å². The second kappa shape index (κ2) is 11.6. The van der Waals surface area contributed by atoms with E-state index in [0.29, 0.717) is 12.1 Å². The van der Waals surface area contributed by atoms with Crippen LogP contribution in [0.2, 0.25) is 0 Å². The smallest absolute Gasteiger partial charge is 0.221 e. The lowest BCUT2D eigenvalue weighted by Gasteiger charge is -2.39. The first-order valence-electron chi connectivity index (χ1n) is 12.1. The molecule has 1 saturated heterocycles. The van der Waals surface area contributed by atoms with Crippen LogP contribution in [0.1, 0.15) is 61.0 Å². The van der Waals surface area contributed by atoms with Crippen molar-refractivity contribution in [1.29, 1.82) is 0 Å². The first kappa shape index (κ1) is 25.1. The molecule has 4 rings (SSSR count). The molecule has 184 valence electrons. The zero-order valence-electron chi connectivity index (χ0n) is 20.6. The molecule has 1 amide bonds. The van der Waals surface area contributed by atoms with Crippen molar-refractivity contribution in [2.75, 3.05) is 18.9 Å². The van der Waals surface area contributed by atoms with Gasteiger partial charge in [-0.1, -0.05) is 66.7 Å².